The number of methoxy groups -OCH3 is 1. The summed E-state index contributed by atoms with van der Waals surface area (Å²) < 4.78 is 7.03. The Kier molecular flexibility index (Phi) is 7.19. The van der Waals surface area contributed by atoms with E-state index in [0.717, 1.165) is 5.56 Å². The standard InChI is InChI=1S/C20H18Cl2N4O2S/c1-3-9-26-19(13-7-8-16(21)17(22)10-13)24-25-20(26)29-12-18(27)23-14-5-4-6-15(11-14)28-2/h3-8,10-11H,1,9,12H2,2H3,(H,23,27). The number of hydrogen-bond acceptors (Lipinski definition) is 5. The second-order valence-corrected chi connectivity index (χ2v) is 7.66. The number of amides is 1. The number of aromatic nitrogens is 3. The number of nitrogens with zero attached hydrogens (tertiary/aromatic N) is 3. The summed E-state index contributed by atoms with van der Waals surface area (Å²) in [6.07, 6.45) is 1.74. The number of halogens is 2. The minimum absolute atomic E-state index is 0.160. The van der Waals surface area contributed by atoms with E-state index in [4.69, 9.17) is 27.9 Å². The molecule has 2 aromatic carbocycles. The Morgan fingerprint density at radius 2 is 2.07 bits per heavy atom. The van der Waals surface area contributed by atoms with Crippen molar-refractivity contribution in [2.75, 3.05) is 18.2 Å². The number of ether oxygens (including phenoxy) is 1. The fourth-order valence-electron chi connectivity index (χ4n) is 2.57. The molecule has 6 nitrogen and oxygen atoms in total. The highest BCUT2D eigenvalue weighted by molar-refractivity contribution is 7.99. The van der Waals surface area contributed by atoms with Crippen molar-refractivity contribution in [3.63, 3.8) is 0 Å². The van der Waals surface area contributed by atoms with Crippen molar-refractivity contribution in [1.82, 2.24) is 14.8 Å². The van der Waals surface area contributed by atoms with Gasteiger partial charge in [-0.15, -0.1) is 16.8 Å². The molecule has 1 amide bonds. The average Bonchev–Trinajstić information content (AvgIpc) is 3.11. The maximum atomic E-state index is 12.3. The maximum absolute atomic E-state index is 12.3. The third kappa shape index (κ3) is 5.32. The van der Waals surface area contributed by atoms with E-state index in [1.165, 1.54) is 11.8 Å². The van der Waals surface area contributed by atoms with E-state index in [0.29, 0.717) is 39.0 Å². The zero-order valence-electron chi connectivity index (χ0n) is 15.6. The quantitative estimate of drug-likeness (QED) is 0.379. The van der Waals surface area contributed by atoms with E-state index in [1.54, 1.807) is 37.5 Å². The SMILES string of the molecule is C=CCn1c(SCC(=O)Nc2cccc(OC)c2)nnc1-c1ccc(Cl)c(Cl)c1. The van der Waals surface area contributed by atoms with Crippen molar-refractivity contribution in [1.29, 1.82) is 0 Å². The van der Waals surface area contributed by atoms with Gasteiger partial charge >= 0.3 is 0 Å². The lowest BCUT2D eigenvalue weighted by Crippen LogP contribution is -2.14. The van der Waals surface area contributed by atoms with Crippen molar-refractivity contribution in [2.45, 2.75) is 11.7 Å². The first-order valence-electron chi connectivity index (χ1n) is 8.58. The van der Waals surface area contributed by atoms with Crippen molar-refractivity contribution in [3.8, 4) is 17.1 Å². The Morgan fingerprint density at radius 1 is 1.24 bits per heavy atom. The van der Waals surface area contributed by atoms with Crippen LogP contribution in [-0.4, -0.2) is 33.5 Å². The highest BCUT2D eigenvalue weighted by Crippen LogP contribution is 2.30. The van der Waals surface area contributed by atoms with Crippen LogP contribution in [0.3, 0.4) is 0 Å². The van der Waals surface area contributed by atoms with Crippen LogP contribution in [0.1, 0.15) is 0 Å². The first-order chi connectivity index (χ1) is 14.0. The second kappa shape index (κ2) is 9.82. The Balaban J connectivity index is 1.73. The lowest BCUT2D eigenvalue weighted by Gasteiger charge is -2.09. The molecule has 0 spiro atoms. The van der Waals surface area contributed by atoms with Crippen molar-refractivity contribution in [2.24, 2.45) is 0 Å². The average molecular weight is 449 g/mol. The van der Waals surface area contributed by atoms with Gasteiger partial charge in [-0.2, -0.15) is 0 Å². The molecule has 1 aromatic heterocycles. The summed E-state index contributed by atoms with van der Waals surface area (Å²) in [6.45, 7) is 4.28. The maximum Gasteiger partial charge on any atom is 0.234 e. The van der Waals surface area contributed by atoms with Crippen LogP contribution in [0, 0.1) is 0 Å². The third-order valence-corrected chi connectivity index (χ3v) is 5.60. The molecule has 0 radical (unpaired) electrons. The Hall–Kier alpha value is -2.48. The Bertz CT molecular complexity index is 1040. The minimum Gasteiger partial charge on any atom is -0.497 e. The fraction of sp³-hybridized carbons (Fsp3) is 0.150. The molecule has 0 aliphatic rings. The van der Waals surface area contributed by atoms with E-state index in [-0.39, 0.29) is 11.7 Å². The van der Waals surface area contributed by atoms with Crippen molar-refractivity contribution < 1.29 is 9.53 Å². The van der Waals surface area contributed by atoms with E-state index >= 15 is 0 Å². The molecular weight excluding hydrogens is 431 g/mol. The molecule has 3 rings (SSSR count). The summed E-state index contributed by atoms with van der Waals surface area (Å²) in [7, 11) is 1.58. The van der Waals surface area contributed by atoms with Gasteiger partial charge in [0.25, 0.3) is 0 Å². The van der Waals surface area contributed by atoms with Gasteiger partial charge in [0, 0.05) is 23.9 Å². The Morgan fingerprint density at radius 3 is 2.79 bits per heavy atom. The van der Waals surface area contributed by atoms with Crippen LogP contribution in [0.4, 0.5) is 5.69 Å². The van der Waals surface area contributed by atoms with Crippen molar-refractivity contribution >= 4 is 46.6 Å². The molecular formula is C20H18Cl2N4O2S. The van der Waals surface area contributed by atoms with Gasteiger partial charge < -0.3 is 10.1 Å². The molecule has 0 saturated carbocycles. The van der Waals surface area contributed by atoms with Crippen LogP contribution < -0.4 is 10.1 Å². The smallest absolute Gasteiger partial charge is 0.234 e. The van der Waals surface area contributed by atoms with Gasteiger partial charge in [0.15, 0.2) is 11.0 Å². The third-order valence-electron chi connectivity index (χ3n) is 3.89. The van der Waals surface area contributed by atoms with Gasteiger partial charge in [0.1, 0.15) is 5.75 Å². The molecule has 9 heteroatoms. The predicted molar refractivity (Wildman–Crippen MR) is 118 cm³/mol. The molecule has 0 saturated heterocycles. The molecule has 1 N–H and O–H groups in total. The van der Waals surface area contributed by atoms with Crippen LogP contribution in [0.15, 0.2) is 60.3 Å². The summed E-state index contributed by atoms with van der Waals surface area (Å²) in [6, 6.07) is 12.4. The largest absolute Gasteiger partial charge is 0.497 e. The number of thioether (sulfide) groups is 1. The predicted octanol–water partition coefficient (Wildman–Crippen LogP) is 5.18. The normalized spacial score (nSPS) is 10.6. The number of nitrogens with one attached hydrogen (secondary N) is 1. The number of carbonyl (C=O) groups excluding carboxylic acids is 1. The summed E-state index contributed by atoms with van der Waals surface area (Å²) in [4.78, 5) is 12.3. The van der Waals surface area contributed by atoms with Gasteiger partial charge in [0.05, 0.1) is 22.9 Å². The molecule has 3 aromatic rings. The van der Waals surface area contributed by atoms with Gasteiger partial charge in [-0.1, -0.05) is 47.1 Å². The van der Waals surface area contributed by atoms with Crippen LogP contribution in [-0.2, 0) is 11.3 Å². The van der Waals surface area contributed by atoms with Crippen LogP contribution >= 0.6 is 35.0 Å². The molecule has 150 valence electrons. The van der Waals surface area contributed by atoms with E-state index < -0.39 is 0 Å². The molecule has 0 aliphatic heterocycles. The molecule has 0 bridgehead atoms. The van der Waals surface area contributed by atoms with Gasteiger partial charge in [-0.05, 0) is 30.3 Å². The van der Waals surface area contributed by atoms with Gasteiger partial charge in [-0.3, -0.25) is 9.36 Å². The Labute approximate surface area is 182 Å². The van der Waals surface area contributed by atoms with Gasteiger partial charge in [-0.25, -0.2) is 0 Å². The molecule has 0 atom stereocenters. The van der Waals surface area contributed by atoms with E-state index in [1.807, 2.05) is 22.8 Å². The van der Waals surface area contributed by atoms with E-state index in [2.05, 4.69) is 22.1 Å². The molecule has 0 aliphatic carbocycles. The monoisotopic (exact) mass is 448 g/mol. The van der Waals surface area contributed by atoms with Crippen molar-refractivity contribution in [3.05, 3.63) is 65.2 Å². The first-order valence-corrected chi connectivity index (χ1v) is 10.3. The summed E-state index contributed by atoms with van der Waals surface area (Å²) in [5, 5.41) is 12.8. The van der Waals surface area contributed by atoms with Crippen LogP contribution in [0.5, 0.6) is 5.75 Å². The zero-order valence-corrected chi connectivity index (χ0v) is 17.9. The van der Waals surface area contributed by atoms with Crippen LogP contribution in [0.2, 0.25) is 10.0 Å². The second-order valence-electron chi connectivity index (χ2n) is 5.90. The van der Waals surface area contributed by atoms with Crippen LogP contribution in [0.25, 0.3) is 11.4 Å². The topological polar surface area (TPSA) is 69.0 Å². The molecule has 0 unspecified atom stereocenters. The lowest BCUT2D eigenvalue weighted by molar-refractivity contribution is -0.113. The number of allylic oxidation sites excluding steroid dienone is 1. The van der Waals surface area contributed by atoms with Gasteiger partial charge in [0.2, 0.25) is 5.91 Å². The fourth-order valence-corrected chi connectivity index (χ4v) is 3.61. The summed E-state index contributed by atoms with van der Waals surface area (Å²) in [5.41, 5.74) is 1.44. The summed E-state index contributed by atoms with van der Waals surface area (Å²) in [5.74, 6) is 1.31. The van der Waals surface area contributed by atoms with E-state index in [9.17, 15) is 4.79 Å². The number of carbonyl (C=O) groups is 1. The zero-order chi connectivity index (χ0) is 20.8. The lowest BCUT2D eigenvalue weighted by atomic mass is 10.2. The first kappa shape index (κ1) is 21.2. The molecule has 1 heterocycles. The number of hydrogen-bond donors (Lipinski definition) is 1. The molecule has 0 fully saturated rings. The number of anilines is 1. The highest BCUT2D eigenvalue weighted by Gasteiger charge is 2.16. The highest BCUT2D eigenvalue weighted by atomic mass is 35.5. The summed E-state index contributed by atoms with van der Waals surface area (Å²) >= 11 is 13.4. The minimum atomic E-state index is -0.160. The molecule has 29 heavy (non-hydrogen) atoms. The number of benzene rings is 2. The number of rotatable bonds is 8.